The molecule has 1 aromatic carbocycles. The molecule has 0 unspecified atom stereocenters. The Balaban J connectivity index is 1.51. The zero-order valence-electron chi connectivity index (χ0n) is 26.4. The fraction of sp³-hybridized carbons (Fsp3) is 0.581. The topological polar surface area (TPSA) is 142 Å². The van der Waals surface area contributed by atoms with E-state index in [0.717, 1.165) is 9.80 Å². The molecule has 3 aliphatic rings. The zero-order chi connectivity index (χ0) is 34.3. The number of alkyl halides is 2. The molecule has 3 aliphatic heterocycles. The number of halogens is 4. The van der Waals surface area contributed by atoms with Crippen molar-refractivity contribution in [2.24, 2.45) is 0 Å². The highest BCUT2D eigenvalue weighted by Crippen LogP contribution is 2.41. The maximum atomic E-state index is 15.4. The van der Waals surface area contributed by atoms with Gasteiger partial charge in [-0.15, -0.1) is 0 Å². The summed E-state index contributed by atoms with van der Waals surface area (Å²) in [5.74, 6) is -5.21. The number of anilines is 2. The highest BCUT2D eigenvalue weighted by molar-refractivity contribution is 6.35. The third kappa shape index (κ3) is 7.34. The molecular weight excluding hydrogens is 661 g/mol. The molecule has 0 saturated carbocycles. The van der Waals surface area contributed by atoms with Crippen molar-refractivity contribution < 1.29 is 38.1 Å². The number of amides is 3. The highest BCUT2D eigenvalue weighted by atomic mass is 35.5. The van der Waals surface area contributed by atoms with E-state index >= 15 is 8.78 Å². The van der Waals surface area contributed by atoms with Crippen LogP contribution in [0.2, 0.25) is 10.0 Å². The quantitative estimate of drug-likeness (QED) is 0.474. The standard InChI is InChI=1S/C31H38Cl2F2N6O6/c1-29(2,3)47-28(45)41(17-19-6-7-20(32)16-22(19)33)24-21-18-40(27(43)44)13-8-23(21)36-26(37-24)39-14-9-30(46,10-15-39)31(34,35)25(42)38-11-4-5-12-38/h6-7,16,46H,4-5,8-15,17-18H2,1-3H3,(H,43,44)/p-1. The van der Waals surface area contributed by atoms with E-state index in [1.807, 2.05) is 0 Å². The molecule has 12 nitrogen and oxygen atoms in total. The molecule has 47 heavy (non-hydrogen) atoms. The lowest BCUT2D eigenvalue weighted by Crippen LogP contribution is -2.61. The van der Waals surface area contributed by atoms with Gasteiger partial charge in [-0.2, -0.15) is 13.8 Å². The van der Waals surface area contributed by atoms with Crippen LogP contribution in [0.3, 0.4) is 0 Å². The molecular formula is C31H37Cl2F2N6O6-. The Morgan fingerprint density at radius 2 is 1.70 bits per heavy atom. The molecule has 3 amide bonds. The molecule has 16 heteroatoms. The lowest BCUT2D eigenvalue weighted by atomic mass is 9.84. The van der Waals surface area contributed by atoms with Gasteiger partial charge in [0, 0.05) is 74.1 Å². The molecule has 1 aromatic heterocycles. The lowest BCUT2D eigenvalue weighted by molar-refractivity contribution is -0.266. The first kappa shape index (κ1) is 34.8. The van der Waals surface area contributed by atoms with Crippen molar-refractivity contribution in [3.8, 4) is 0 Å². The number of rotatable bonds is 6. The number of hydrogen-bond donors (Lipinski definition) is 1. The van der Waals surface area contributed by atoms with Crippen molar-refractivity contribution in [3.05, 3.63) is 45.1 Å². The molecule has 1 N–H and O–H groups in total. The second-order valence-corrected chi connectivity index (χ2v) is 13.9. The molecule has 5 rings (SSSR count). The van der Waals surface area contributed by atoms with Crippen molar-refractivity contribution in [1.82, 2.24) is 19.8 Å². The third-order valence-electron chi connectivity index (χ3n) is 8.62. The van der Waals surface area contributed by atoms with Crippen LogP contribution in [-0.2, 0) is 29.0 Å². The number of carbonyl (C=O) groups is 3. The summed E-state index contributed by atoms with van der Waals surface area (Å²) in [7, 11) is 0. The van der Waals surface area contributed by atoms with E-state index in [4.69, 9.17) is 32.9 Å². The summed E-state index contributed by atoms with van der Waals surface area (Å²) in [5, 5.41) is 23.6. The van der Waals surface area contributed by atoms with E-state index in [1.165, 1.54) is 11.0 Å². The summed E-state index contributed by atoms with van der Waals surface area (Å²) in [5.41, 5.74) is -2.19. The van der Waals surface area contributed by atoms with Gasteiger partial charge in [0.05, 0.1) is 12.2 Å². The summed E-state index contributed by atoms with van der Waals surface area (Å²) < 4.78 is 36.6. The Hall–Kier alpha value is -3.49. The zero-order valence-corrected chi connectivity index (χ0v) is 27.9. The van der Waals surface area contributed by atoms with E-state index < -0.39 is 48.1 Å². The minimum atomic E-state index is -3.98. The van der Waals surface area contributed by atoms with Crippen LogP contribution in [0.5, 0.6) is 0 Å². The maximum absolute atomic E-state index is 15.4. The summed E-state index contributed by atoms with van der Waals surface area (Å²) in [6, 6.07) is 4.76. The van der Waals surface area contributed by atoms with Crippen LogP contribution in [0, 0.1) is 0 Å². The van der Waals surface area contributed by atoms with E-state index in [-0.39, 0.29) is 69.0 Å². The molecule has 2 aromatic rings. The van der Waals surface area contributed by atoms with Crippen molar-refractivity contribution in [2.45, 2.75) is 83.1 Å². The summed E-state index contributed by atoms with van der Waals surface area (Å²) >= 11 is 12.6. The van der Waals surface area contributed by atoms with Gasteiger partial charge in [0.1, 0.15) is 23.1 Å². The molecule has 2 fully saturated rings. The molecule has 0 atom stereocenters. The second kappa shape index (κ2) is 13.2. The first-order chi connectivity index (χ1) is 22.0. The maximum Gasteiger partial charge on any atom is 0.416 e. The van der Waals surface area contributed by atoms with E-state index in [1.54, 1.807) is 37.8 Å². The summed E-state index contributed by atoms with van der Waals surface area (Å²) in [6.07, 6.45) is -1.65. The number of likely N-dealkylation sites (tertiary alicyclic amines) is 1. The van der Waals surface area contributed by atoms with Crippen LogP contribution in [-0.4, -0.2) is 92.8 Å². The van der Waals surface area contributed by atoms with Crippen LogP contribution in [0.1, 0.15) is 63.3 Å². The highest BCUT2D eigenvalue weighted by Gasteiger charge is 2.60. The number of carbonyl (C=O) groups excluding carboxylic acids is 3. The van der Waals surface area contributed by atoms with Crippen molar-refractivity contribution in [3.63, 3.8) is 0 Å². The average Bonchev–Trinajstić information content (AvgIpc) is 3.54. The number of ether oxygens (including phenoxy) is 1. The monoisotopic (exact) mass is 697 g/mol. The van der Waals surface area contributed by atoms with Gasteiger partial charge in [-0.05, 0) is 51.3 Å². The fourth-order valence-electron chi connectivity index (χ4n) is 5.98. The number of aromatic nitrogens is 2. The molecule has 4 heterocycles. The largest absolute Gasteiger partial charge is 0.530 e. The first-order valence-electron chi connectivity index (χ1n) is 15.4. The number of hydrogen-bond acceptors (Lipinski definition) is 9. The molecule has 2 saturated heterocycles. The summed E-state index contributed by atoms with van der Waals surface area (Å²) in [4.78, 5) is 52.6. The second-order valence-electron chi connectivity index (χ2n) is 13.1. The van der Waals surface area contributed by atoms with Crippen molar-refractivity contribution >= 4 is 53.1 Å². The Morgan fingerprint density at radius 3 is 2.30 bits per heavy atom. The van der Waals surface area contributed by atoms with Gasteiger partial charge in [-0.25, -0.2) is 9.78 Å². The van der Waals surface area contributed by atoms with Gasteiger partial charge >= 0.3 is 12.0 Å². The van der Waals surface area contributed by atoms with Crippen molar-refractivity contribution in [1.29, 1.82) is 0 Å². The van der Waals surface area contributed by atoms with Gasteiger partial charge < -0.3 is 34.4 Å². The van der Waals surface area contributed by atoms with Gasteiger partial charge in [-0.3, -0.25) is 9.69 Å². The number of nitrogens with zero attached hydrogens (tertiary/aromatic N) is 6. The fourth-order valence-corrected chi connectivity index (χ4v) is 6.44. The smallest absolute Gasteiger partial charge is 0.416 e. The first-order valence-corrected chi connectivity index (χ1v) is 16.2. The number of aliphatic hydroxyl groups is 1. The van der Waals surface area contributed by atoms with E-state index in [2.05, 4.69) is 4.98 Å². The van der Waals surface area contributed by atoms with Crippen LogP contribution >= 0.6 is 23.2 Å². The molecule has 0 bridgehead atoms. The third-order valence-corrected chi connectivity index (χ3v) is 9.20. The van der Waals surface area contributed by atoms with Gasteiger partial charge in [0.2, 0.25) is 5.95 Å². The molecule has 256 valence electrons. The Bertz CT molecular complexity index is 1540. The molecule has 0 radical (unpaired) electrons. The summed E-state index contributed by atoms with van der Waals surface area (Å²) in [6.45, 7) is 5.07. The minimum Gasteiger partial charge on any atom is -0.530 e. The SMILES string of the molecule is CC(C)(C)OC(=O)N(Cc1ccc(Cl)cc1Cl)c1nc(N2CCC(O)(C(F)(F)C(=O)N3CCCC3)CC2)nc2c1CN(C(=O)[O-])CC2. The van der Waals surface area contributed by atoms with E-state index in [0.29, 0.717) is 34.7 Å². The Morgan fingerprint density at radius 1 is 1.04 bits per heavy atom. The van der Waals surface area contributed by atoms with Crippen LogP contribution in [0.25, 0.3) is 0 Å². The minimum absolute atomic E-state index is 0.0478. The molecule has 0 aliphatic carbocycles. The molecule has 0 spiro atoms. The lowest BCUT2D eigenvalue weighted by Gasteiger charge is -2.43. The van der Waals surface area contributed by atoms with Gasteiger partial charge in [-0.1, -0.05) is 29.3 Å². The Labute approximate surface area is 281 Å². The van der Waals surface area contributed by atoms with E-state index in [9.17, 15) is 24.6 Å². The number of benzene rings is 1. The Kier molecular flexibility index (Phi) is 9.78. The predicted molar refractivity (Wildman–Crippen MR) is 168 cm³/mol. The number of piperidine rings is 1. The van der Waals surface area contributed by atoms with Crippen molar-refractivity contribution in [2.75, 3.05) is 42.5 Å². The average molecular weight is 699 g/mol. The predicted octanol–water partition coefficient (Wildman–Crippen LogP) is 4.02. The van der Waals surface area contributed by atoms with Crippen LogP contribution < -0.4 is 14.9 Å². The van der Waals surface area contributed by atoms with Gasteiger partial charge in [0.15, 0.2) is 0 Å². The normalized spacial score (nSPS) is 18.2. The van der Waals surface area contributed by atoms with Crippen LogP contribution in [0.4, 0.5) is 30.1 Å². The van der Waals surface area contributed by atoms with Crippen LogP contribution in [0.15, 0.2) is 18.2 Å². The van der Waals surface area contributed by atoms with Gasteiger partial charge in [0.25, 0.3) is 5.91 Å². The number of carboxylic acid groups (broad SMARTS) is 1. The number of fused-ring (bicyclic) bond motifs is 1.